The molecule has 0 saturated carbocycles. The number of hydrogen-bond acceptors (Lipinski definition) is 3. The summed E-state index contributed by atoms with van der Waals surface area (Å²) in [7, 11) is 3.28. The lowest BCUT2D eigenvalue weighted by molar-refractivity contribution is -0.130. The van der Waals surface area contributed by atoms with Crippen molar-refractivity contribution in [2.45, 2.75) is 13.0 Å². The molecule has 92 valence electrons. The predicted molar refractivity (Wildman–Crippen MR) is 67.6 cm³/mol. The number of pyridine rings is 1. The van der Waals surface area contributed by atoms with E-state index in [2.05, 4.69) is 26.2 Å². The van der Waals surface area contributed by atoms with Crippen LogP contribution in [0.15, 0.2) is 22.8 Å². The number of nitrogens with zero attached hydrogens (tertiary/aromatic N) is 2. The third-order valence-electron chi connectivity index (χ3n) is 2.12. The highest BCUT2D eigenvalue weighted by Crippen LogP contribution is 2.07. The molecule has 2 amide bonds. The summed E-state index contributed by atoms with van der Waals surface area (Å²) < 4.78 is 0.798. The van der Waals surface area contributed by atoms with Crippen LogP contribution in [0.2, 0.25) is 0 Å². The fourth-order valence-corrected chi connectivity index (χ4v) is 1.46. The first kappa shape index (κ1) is 13.6. The molecule has 1 heterocycles. The highest BCUT2D eigenvalue weighted by atomic mass is 79.9. The minimum Gasteiger partial charge on any atom is -0.347 e. The number of carbonyl (C=O) groups is 2. The summed E-state index contributed by atoms with van der Waals surface area (Å²) in [5.74, 6) is -0.518. The molecule has 17 heavy (non-hydrogen) atoms. The monoisotopic (exact) mass is 299 g/mol. The zero-order valence-electron chi connectivity index (χ0n) is 9.90. The molecule has 1 aromatic rings. The molecule has 0 bridgehead atoms. The van der Waals surface area contributed by atoms with Crippen LogP contribution in [0.1, 0.15) is 17.4 Å². The lowest BCUT2D eigenvalue weighted by atomic mass is 10.2. The van der Waals surface area contributed by atoms with E-state index in [9.17, 15) is 9.59 Å². The molecule has 0 aromatic carbocycles. The predicted octanol–water partition coefficient (Wildman–Crippen LogP) is 1.05. The van der Waals surface area contributed by atoms with Crippen LogP contribution in [0.4, 0.5) is 0 Å². The molecule has 1 unspecified atom stereocenters. The van der Waals surface area contributed by atoms with Gasteiger partial charge in [0.25, 0.3) is 5.91 Å². The fourth-order valence-electron chi connectivity index (χ4n) is 1.23. The number of hydrogen-bond donors (Lipinski definition) is 1. The number of nitrogens with one attached hydrogen (secondary N) is 1. The molecule has 1 atom stereocenters. The quantitative estimate of drug-likeness (QED) is 0.907. The number of aromatic nitrogens is 1. The number of likely N-dealkylation sites (N-methyl/N-ethyl adjacent to an activating group) is 1. The van der Waals surface area contributed by atoms with Crippen molar-refractivity contribution >= 4 is 27.7 Å². The van der Waals surface area contributed by atoms with Gasteiger partial charge in [-0.2, -0.15) is 0 Å². The number of halogens is 1. The van der Waals surface area contributed by atoms with Crippen LogP contribution in [-0.2, 0) is 4.79 Å². The second-order valence-electron chi connectivity index (χ2n) is 3.79. The molecule has 0 saturated heterocycles. The van der Waals surface area contributed by atoms with E-state index in [-0.39, 0.29) is 17.5 Å². The summed E-state index contributed by atoms with van der Waals surface area (Å²) in [5, 5.41) is 2.59. The average Bonchev–Trinajstić information content (AvgIpc) is 2.28. The van der Waals surface area contributed by atoms with E-state index >= 15 is 0 Å². The standard InChI is InChI=1S/C11H14BrN3O2/c1-7(11(17)15(2)3)14-10(16)9-5-4-8(12)6-13-9/h4-7H,1-3H3,(H,14,16). The Morgan fingerprint density at radius 1 is 1.41 bits per heavy atom. The molecule has 0 spiro atoms. The number of carbonyl (C=O) groups excluding carboxylic acids is 2. The van der Waals surface area contributed by atoms with Crippen molar-refractivity contribution in [2.75, 3.05) is 14.1 Å². The molecule has 1 N–H and O–H groups in total. The smallest absolute Gasteiger partial charge is 0.270 e. The van der Waals surface area contributed by atoms with E-state index in [0.29, 0.717) is 0 Å². The Morgan fingerprint density at radius 3 is 2.53 bits per heavy atom. The van der Waals surface area contributed by atoms with Gasteiger partial charge in [0, 0.05) is 24.8 Å². The molecule has 0 fully saturated rings. The molecule has 1 rings (SSSR count). The molecular weight excluding hydrogens is 286 g/mol. The van der Waals surface area contributed by atoms with Crippen LogP contribution >= 0.6 is 15.9 Å². The van der Waals surface area contributed by atoms with Crippen molar-refractivity contribution in [1.82, 2.24) is 15.2 Å². The van der Waals surface area contributed by atoms with Crippen LogP contribution in [0.3, 0.4) is 0 Å². The summed E-state index contributed by atoms with van der Waals surface area (Å²) in [6.45, 7) is 1.64. The van der Waals surface area contributed by atoms with Crippen LogP contribution in [0.5, 0.6) is 0 Å². The van der Waals surface area contributed by atoms with Gasteiger partial charge in [-0.25, -0.2) is 4.98 Å². The second-order valence-corrected chi connectivity index (χ2v) is 4.71. The lowest BCUT2D eigenvalue weighted by Crippen LogP contribution is -2.44. The highest BCUT2D eigenvalue weighted by Gasteiger charge is 2.18. The Kier molecular flexibility index (Phi) is 4.62. The first-order valence-corrected chi connectivity index (χ1v) is 5.84. The normalized spacial score (nSPS) is 11.8. The van der Waals surface area contributed by atoms with E-state index in [1.165, 1.54) is 11.1 Å². The Bertz CT molecular complexity index is 417. The second kappa shape index (κ2) is 5.77. The first-order valence-electron chi connectivity index (χ1n) is 5.05. The van der Waals surface area contributed by atoms with Crippen LogP contribution < -0.4 is 5.32 Å². The largest absolute Gasteiger partial charge is 0.347 e. The Hall–Kier alpha value is -1.43. The molecule has 5 nitrogen and oxygen atoms in total. The molecule has 0 aliphatic rings. The maximum Gasteiger partial charge on any atom is 0.270 e. The van der Waals surface area contributed by atoms with E-state index in [0.717, 1.165) is 4.47 Å². The third-order valence-corrected chi connectivity index (χ3v) is 2.59. The van der Waals surface area contributed by atoms with Crippen LogP contribution in [0, 0.1) is 0 Å². The highest BCUT2D eigenvalue weighted by molar-refractivity contribution is 9.10. The van der Waals surface area contributed by atoms with Gasteiger partial charge in [0.1, 0.15) is 11.7 Å². The molecule has 6 heteroatoms. The van der Waals surface area contributed by atoms with Crippen molar-refractivity contribution in [3.05, 3.63) is 28.5 Å². The van der Waals surface area contributed by atoms with Crippen LogP contribution in [0.25, 0.3) is 0 Å². The minimum absolute atomic E-state index is 0.157. The topological polar surface area (TPSA) is 62.3 Å². The zero-order chi connectivity index (χ0) is 13.0. The summed E-state index contributed by atoms with van der Waals surface area (Å²) in [6, 6.07) is 2.75. The Labute approximate surface area is 108 Å². The van der Waals surface area contributed by atoms with E-state index in [1.807, 2.05) is 0 Å². The number of rotatable bonds is 3. The van der Waals surface area contributed by atoms with Gasteiger partial charge in [-0.15, -0.1) is 0 Å². The summed E-state index contributed by atoms with van der Waals surface area (Å²) in [6.07, 6.45) is 1.54. The fraction of sp³-hybridized carbons (Fsp3) is 0.364. The third kappa shape index (κ3) is 3.81. The molecule has 0 aliphatic carbocycles. The van der Waals surface area contributed by atoms with Gasteiger partial charge in [0.05, 0.1) is 0 Å². The average molecular weight is 300 g/mol. The molecule has 1 aromatic heterocycles. The minimum atomic E-state index is -0.567. The van der Waals surface area contributed by atoms with Gasteiger partial charge in [-0.05, 0) is 35.0 Å². The maximum absolute atomic E-state index is 11.7. The molecule has 0 aliphatic heterocycles. The first-order chi connectivity index (χ1) is 7.91. The van der Waals surface area contributed by atoms with Crippen LogP contribution in [-0.4, -0.2) is 41.8 Å². The van der Waals surface area contributed by atoms with Crippen molar-refractivity contribution in [1.29, 1.82) is 0 Å². The van der Waals surface area contributed by atoms with Gasteiger partial charge in [-0.1, -0.05) is 0 Å². The van der Waals surface area contributed by atoms with Gasteiger partial charge in [0.2, 0.25) is 5.91 Å². The summed E-state index contributed by atoms with van der Waals surface area (Å²) in [5.41, 5.74) is 0.284. The van der Waals surface area contributed by atoms with Gasteiger partial charge in [-0.3, -0.25) is 9.59 Å². The zero-order valence-corrected chi connectivity index (χ0v) is 11.5. The van der Waals surface area contributed by atoms with E-state index in [1.54, 1.807) is 33.2 Å². The molecular formula is C11H14BrN3O2. The van der Waals surface area contributed by atoms with Crippen molar-refractivity contribution < 1.29 is 9.59 Å². The molecule has 0 radical (unpaired) electrons. The van der Waals surface area contributed by atoms with Gasteiger partial charge >= 0.3 is 0 Å². The Morgan fingerprint density at radius 2 is 2.06 bits per heavy atom. The van der Waals surface area contributed by atoms with Crippen molar-refractivity contribution in [3.63, 3.8) is 0 Å². The van der Waals surface area contributed by atoms with E-state index in [4.69, 9.17) is 0 Å². The van der Waals surface area contributed by atoms with Crippen molar-refractivity contribution in [2.24, 2.45) is 0 Å². The summed E-state index contributed by atoms with van der Waals surface area (Å²) >= 11 is 3.23. The summed E-state index contributed by atoms with van der Waals surface area (Å²) in [4.78, 5) is 28.7. The van der Waals surface area contributed by atoms with Crippen molar-refractivity contribution in [3.8, 4) is 0 Å². The van der Waals surface area contributed by atoms with E-state index < -0.39 is 6.04 Å². The SMILES string of the molecule is CC(NC(=O)c1ccc(Br)cn1)C(=O)N(C)C. The van der Waals surface area contributed by atoms with Gasteiger partial charge in [0.15, 0.2) is 0 Å². The Balaban J connectivity index is 2.66. The number of amides is 2. The van der Waals surface area contributed by atoms with Gasteiger partial charge < -0.3 is 10.2 Å². The lowest BCUT2D eigenvalue weighted by Gasteiger charge is -2.17. The maximum atomic E-state index is 11.7.